The van der Waals surface area contributed by atoms with Crippen LogP contribution in [0, 0.1) is 12.7 Å². The summed E-state index contributed by atoms with van der Waals surface area (Å²) in [5.74, 6) is -3.40. The quantitative estimate of drug-likeness (QED) is 0.438. The summed E-state index contributed by atoms with van der Waals surface area (Å²) in [5, 5.41) is 10.3. The molecule has 9 heteroatoms. The number of alkyl halides is 2. The number of rotatable bonds is 9. The van der Waals surface area contributed by atoms with E-state index in [1.807, 2.05) is 6.92 Å². The van der Waals surface area contributed by atoms with Crippen molar-refractivity contribution in [2.24, 2.45) is 0 Å². The highest BCUT2D eigenvalue weighted by atomic mass is 19.3. The molecule has 176 valence electrons. The lowest BCUT2D eigenvalue weighted by Gasteiger charge is -2.14. The van der Waals surface area contributed by atoms with Crippen LogP contribution in [0.25, 0.3) is 10.9 Å². The molecule has 0 spiro atoms. The lowest BCUT2D eigenvalue weighted by atomic mass is 9.91. The fraction of sp³-hybridized carbons (Fsp3) is 0.333. The Morgan fingerprint density at radius 2 is 1.82 bits per heavy atom. The second-order valence-corrected chi connectivity index (χ2v) is 7.58. The molecule has 3 aromatic rings. The van der Waals surface area contributed by atoms with Gasteiger partial charge in [-0.3, -0.25) is 14.2 Å². The first-order chi connectivity index (χ1) is 15.7. The van der Waals surface area contributed by atoms with E-state index in [2.05, 4.69) is 4.74 Å². The van der Waals surface area contributed by atoms with Gasteiger partial charge in [-0.2, -0.15) is 8.78 Å². The van der Waals surface area contributed by atoms with E-state index in [0.717, 1.165) is 12.5 Å². The molecule has 0 aliphatic heterocycles. The van der Waals surface area contributed by atoms with Gasteiger partial charge in [0, 0.05) is 22.7 Å². The molecule has 3 rings (SSSR count). The standard InChI is InChI=1S/C24H24F3NO5/c1-4-5-6-16(23(30)31)21-13(2)28(19-12-18(25)20(32-3)11-17(19)21)22(29)14-7-9-15(10-8-14)33-24(26)27/h7-12,16,24H,4-6H2,1-3H3,(H,30,31). The van der Waals surface area contributed by atoms with Crippen molar-refractivity contribution in [3.63, 3.8) is 0 Å². The average molecular weight is 463 g/mol. The third-order valence-electron chi connectivity index (χ3n) is 5.55. The molecule has 0 aliphatic carbocycles. The number of carbonyl (C=O) groups excluding carboxylic acids is 1. The molecule has 1 heterocycles. The van der Waals surface area contributed by atoms with Gasteiger partial charge in [-0.05, 0) is 49.2 Å². The van der Waals surface area contributed by atoms with E-state index in [1.54, 1.807) is 6.92 Å². The summed E-state index contributed by atoms with van der Waals surface area (Å²) in [6.07, 6.45) is 1.78. The van der Waals surface area contributed by atoms with Crippen LogP contribution in [0.1, 0.15) is 53.7 Å². The maximum absolute atomic E-state index is 14.6. The van der Waals surface area contributed by atoms with Crippen molar-refractivity contribution < 1.29 is 37.3 Å². The molecule has 0 amide bonds. The van der Waals surface area contributed by atoms with Gasteiger partial charge in [-0.1, -0.05) is 19.8 Å². The van der Waals surface area contributed by atoms with Crippen molar-refractivity contribution in [1.82, 2.24) is 4.57 Å². The molecule has 0 saturated carbocycles. The van der Waals surface area contributed by atoms with E-state index in [9.17, 15) is 27.9 Å². The van der Waals surface area contributed by atoms with Gasteiger partial charge in [0.1, 0.15) is 5.75 Å². The SMILES string of the molecule is CCCCC(C(=O)O)c1c(C)n(C(=O)c2ccc(OC(F)F)cc2)c2cc(F)c(OC)cc12. The number of methoxy groups -OCH3 is 1. The number of nitrogens with zero attached hydrogens (tertiary/aromatic N) is 1. The van der Waals surface area contributed by atoms with Crippen molar-refractivity contribution in [1.29, 1.82) is 0 Å². The summed E-state index contributed by atoms with van der Waals surface area (Å²) in [6, 6.07) is 7.62. The maximum Gasteiger partial charge on any atom is 0.387 e. The van der Waals surface area contributed by atoms with Crippen LogP contribution in [-0.4, -0.2) is 35.3 Å². The zero-order valence-corrected chi connectivity index (χ0v) is 18.4. The van der Waals surface area contributed by atoms with E-state index in [-0.39, 0.29) is 22.6 Å². The fourth-order valence-electron chi connectivity index (χ4n) is 4.01. The van der Waals surface area contributed by atoms with Crippen LogP contribution in [0.5, 0.6) is 11.5 Å². The maximum atomic E-state index is 14.6. The molecule has 0 radical (unpaired) electrons. The van der Waals surface area contributed by atoms with Crippen LogP contribution in [-0.2, 0) is 4.79 Å². The van der Waals surface area contributed by atoms with Gasteiger partial charge in [0.15, 0.2) is 11.6 Å². The van der Waals surface area contributed by atoms with Crippen molar-refractivity contribution in [3.8, 4) is 11.5 Å². The molecule has 2 aromatic carbocycles. The number of hydrogen-bond acceptors (Lipinski definition) is 4. The number of aliphatic carboxylic acids is 1. The van der Waals surface area contributed by atoms with Gasteiger partial charge in [0.25, 0.3) is 5.91 Å². The van der Waals surface area contributed by atoms with Crippen LogP contribution in [0.15, 0.2) is 36.4 Å². The second-order valence-electron chi connectivity index (χ2n) is 7.58. The van der Waals surface area contributed by atoms with Crippen molar-refractivity contribution in [3.05, 3.63) is 59.0 Å². The number of halogens is 3. The van der Waals surface area contributed by atoms with Crippen LogP contribution < -0.4 is 9.47 Å². The Morgan fingerprint density at radius 3 is 2.36 bits per heavy atom. The van der Waals surface area contributed by atoms with Crippen molar-refractivity contribution >= 4 is 22.8 Å². The summed E-state index contributed by atoms with van der Waals surface area (Å²) in [7, 11) is 1.30. The first-order valence-corrected chi connectivity index (χ1v) is 10.4. The van der Waals surface area contributed by atoms with Crippen molar-refractivity contribution in [2.45, 2.75) is 45.6 Å². The van der Waals surface area contributed by atoms with E-state index in [4.69, 9.17) is 4.74 Å². The van der Waals surface area contributed by atoms with Gasteiger partial charge in [-0.25, -0.2) is 4.39 Å². The summed E-state index contributed by atoms with van der Waals surface area (Å²) >= 11 is 0. The van der Waals surface area contributed by atoms with Gasteiger partial charge >= 0.3 is 12.6 Å². The Labute approximate surface area is 188 Å². The van der Waals surface area contributed by atoms with E-state index in [1.165, 1.54) is 42.0 Å². The van der Waals surface area contributed by atoms with Gasteiger partial charge < -0.3 is 14.6 Å². The molecule has 0 fully saturated rings. The second kappa shape index (κ2) is 9.97. The zero-order chi connectivity index (χ0) is 24.3. The van der Waals surface area contributed by atoms with Crippen LogP contribution in [0.2, 0.25) is 0 Å². The van der Waals surface area contributed by atoms with Crippen LogP contribution >= 0.6 is 0 Å². The lowest BCUT2D eigenvalue weighted by Crippen LogP contribution is -2.16. The number of fused-ring (bicyclic) bond motifs is 1. The molecule has 6 nitrogen and oxygen atoms in total. The molecule has 0 aliphatic rings. The van der Waals surface area contributed by atoms with Gasteiger partial charge in [-0.15, -0.1) is 0 Å². The van der Waals surface area contributed by atoms with E-state index < -0.39 is 30.2 Å². The topological polar surface area (TPSA) is 77.8 Å². The molecular formula is C24H24F3NO5. The van der Waals surface area contributed by atoms with Gasteiger partial charge in [0.05, 0.1) is 18.5 Å². The summed E-state index contributed by atoms with van der Waals surface area (Å²) in [6.45, 7) is 0.547. The number of benzene rings is 2. The van der Waals surface area contributed by atoms with Gasteiger partial charge in [0.2, 0.25) is 0 Å². The highest BCUT2D eigenvalue weighted by molar-refractivity contribution is 6.05. The molecule has 0 saturated heterocycles. The fourth-order valence-corrected chi connectivity index (χ4v) is 4.01. The monoisotopic (exact) mass is 463 g/mol. The number of unbranched alkanes of at least 4 members (excludes halogenated alkanes) is 1. The highest BCUT2D eigenvalue weighted by Gasteiger charge is 2.30. The number of aromatic nitrogens is 1. The minimum atomic E-state index is -3.00. The Bertz CT molecular complexity index is 1170. The van der Waals surface area contributed by atoms with E-state index >= 15 is 0 Å². The Kier molecular flexibility index (Phi) is 7.30. The summed E-state index contributed by atoms with van der Waals surface area (Å²) < 4.78 is 50.1. The highest BCUT2D eigenvalue weighted by Crippen LogP contribution is 2.38. The Morgan fingerprint density at radius 1 is 1.15 bits per heavy atom. The third-order valence-corrected chi connectivity index (χ3v) is 5.55. The molecular weight excluding hydrogens is 439 g/mol. The molecule has 1 N–H and O–H groups in total. The predicted octanol–water partition coefficient (Wildman–Crippen LogP) is 5.75. The molecule has 1 unspecified atom stereocenters. The zero-order valence-electron chi connectivity index (χ0n) is 18.4. The number of hydrogen-bond donors (Lipinski definition) is 1. The minimum Gasteiger partial charge on any atom is -0.494 e. The first-order valence-electron chi connectivity index (χ1n) is 10.4. The smallest absolute Gasteiger partial charge is 0.387 e. The minimum absolute atomic E-state index is 0.0681. The van der Waals surface area contributed by atoms with Crippen LogP contribution in [0.3, 0.4) is 0 Å². The summed E-state index contributed by atoms with van der Waals surface area (Å²) in [4.78, 5) is 25.5. The molecule has 1 atom stereocenters. The normalized spacial score (nSPS) is 12.2. The lowest BCUT2D eigenvalue weighted by molar-refractivity contribution is -0.139. The predicted molar refractivity (Wildman–Crippen MR) is 116 cm³/mol. The number of carboxylic acid groups (broad SMARTS) is 1. The Hall–Kier alpha value is -3.49. The summed E-state index contributed by atoms with van der Waals surface area (Å²) in [5.41, 5.74) is 1.11. The van der Waals surface area contributed by atoms with E-state index in [0.29, 0.717) is 29.5 Å². The molecule has 33 heavy (non-hydrogen) atoms. The number of carboxylic acids is 1. The number of carbonyl (C=O) groups is 2. The first kappa shape index (κ1) is 24.2. The number of ether oxygens (including phenoxy) is 2. The largest absolute Gasteiger partial charge is 0.494 e. The molecule has 0 bridgehead atoms. The third kappa shape index (κ3) is 4.81. The van der Waals surface area contributed by atoms with Crippen LogP contribution in [0.4, 0.5) is 13.2 Å². The van der Waals surface area contributed by atoms with Crippen molar-refractivity contribution in [2.75, 3.05) is 7.11 Å². The average Bonchev–Trinajstić information content (AvgIpc) is 3.03. The molecule has 1 aromatic heterocycles. The Balaban J connectivity index is 2.20.